The third-order valence-electron chi connectivity index (χ3n) is 4.71. The molecule has 26 heavy (non-hydrogen) atoms. The summed E-state index contributed by atoms with van der Waals surface area (Å²) in [7, 11) is 0. The number of nitrogens with one attached hydrogen (secondary N) is 2. The van der Waals surface area contributed by atoms with Gasteiger partial charge in [0.2, 0.25) is 5.91 Å². The number of hydrogen-bond acceptors (Lipinski definition) is 2. The van der Waals surface area contributed by atoms with Gasteiger partial charge in [0, 0.05) is 5.56 Å². The predicted octanol–water partition coefficient (Wildman–Crippen LogP) is 3.08. The topological polar surface area (TPSA) is 58.2 Å². The molecule has 0 spiro atoms. The van der Waals surface area contributed by atoms with Gasteiger partial charge in [-0.3, -0.25) is 20.4 Å². The Bertz CT molecular complexity index is 1000. The van der Waals surface area contributed by atoms with Crippen molar-refractivity contribution < 1.29 is 14.0 Å². The second kappa shape index (κ2) is 6.59. The second-order valence-electron chi connectivity index (χ2n) is 6.42. The average molecular weight is 348 g/mol. The summed E-state index contributed by atoms with van der Waals surface area (Å²) in [6.07, 6.45) is 2.04. The fourth-order valence-electron chi connectivity index (χ4n) is 3.47. The maximum atomic E-state index is 12.9. The third kappa shape index (κ3) is 3.04. The number of amides is 2. The fraction of sp³-hybridized carbons (Fsp3) is 0.143. The highest BCUT2D eigenvalue weighted by atomic mass is 19.1. The van der Waals surface area contributed by atoms with Gasteiger partial charge in [-0.2, -0.15) is 0 Å². The Labute approximate surface area is 150 Å². The highest BCUT2D eigenvalue weighted by molar-refractivity contribution is 6.09. The van der Waals surface area contributed by atoms with Gasteiger partial charge in [0.05, 0.1) is 6.42 Å². The van der Waals surface area contributed by atoms with E-state index in [-0.39, 0.29) is 24.1 Å². The molecule has 1 aliphatic carbocycles. The molecule has 1 aliphatic rings. The lowest BCUT2D eigenvalue weighted by Gasteiger charge is -2.11. The van der Waals surface area contributed by atoms with Crippen molar-refractivity contribution in [3.63, 3.8) is 0 Å². The van der Waals surface area contributed by atoms with Crippen molar-refractivity contribution in [3.05, 3.63) is 82.7 Å². The summed E-state index contributed by atoms with van der Waals surface area (Å²) < 4.78 is 12.9. The van der Waals surface area contributed by atoms with E-state index in [4.69, 9.17) is 0 Å². The van der Waals surface area contributed by atoms with Crippen LogP contribution in [-0.4, -0.2) is 11.8 Å². The number of halogens is 1. The molecule has 0 unspecified atom stereocenters. The van der Waals surface area contributed by atoms with Gasteiger partial charge in [0.25, 0.3) is 5.91 Å². The van der Waals surface area contributed by atoms with Gasteiger partial charge in [-0.25, -0.2) is 4.39 Å². The molecule has 4 rings (SSSR count). The van der Waals surface area contributed by atoms with E-state index in [2.05, 4.69) is 16.9 Å². The number of aryl methyl sites for hydroxylation is 2. The SMILES string of the molecule is O=C(Cc1ccc(F)cc1)NNC(=O)c1ccc2c3c(cccc13)CC2. The molecule has 3 aromatic carbocycles. The molecule has 2 amide bonds. The number of carbonyl (C=O) groups is 2. The summed E-state index contributed by atoms with van der Waals surface area (Å²) in [5.41, 5.74) is 8.61. The van der Waals surface area contributed by atoms with Crippen LogP contribution >= 0.6 is 0 Å². The molecule has 0 bridgehead atoms. The molecule has 4 nitrogen and oxygen atoms in total. The zero-order chi connectivity index (χ0) is 18.1. The summed E-state index contributed by atoms with van der Waals surface area (Å²) in [6, 6.07) is 15.4. The standard InChI is InChI=1S/C21H17FN2O2/c22-16-9-4-13(5-10-16)12-19(25)23-24-21(26)18-11-8-15-7-6-14-2-1-3-17(18)20(14)15/h1-5,8-11H,6-7,12H2,(H,23,25)(H,24,26). The van der Waals surface area contributed by atoms with E-state index in [9.17, 15) is 14.0 Å². The number of hydrogen-bond donors (Lipinski definition) is 2. The molecule has 0 aromatic heterocycles. The minimum atomic E-state index is -0.365. The van der Waals surface area contributed by atoms with Gasteiger partial charge in [0.1, 0.15) is 5.82 Å². The highest BCUT2D eigenvalue weighted by Crippen LogP contribution is 2.32. The van der Waals surface area contributed by atoms with Crippen molar-refractivity contribution in [1.82, 2.24) is 10.9 Å². The van der Waals surface area contributed by atoms with Crippen LogP contribution in [0, 0.1) is 5.82 Å². The van der Waals surface area contributed by atoms with Crippen LogP contribution in [0.25, 0.3) is 10.8 Å². The van der Waals surface area contributed by atoms with Crippen LogP contribution in [0.15, 0.2) is 54.6 Å². The maximum Gasteiger partial charge on any atom is 0.270 e. The van der Waals surface area contributed by atoms with Crippen LogP contribution in [0.5, 0.6) is 0 Å². The molecule has 0 atom stereocenters. The van der Waals surface area contributed by atoms with Crippen LogP contribution < -0.4 is 10.9 Å². The maximum absolute atomic E-state index is 12.9. The Morgan fingerprint density at radius 1 is 0.885 bits per heavy atom. The van der Waals surface area contributed by atoms with E-state index in [1.165, 1.54) is 23.3 Å². The lowest BCUT2D eigenvalue weighted by molar-refractivity contribution is -0.121. The van der Waals surface area contributed by atoms with E-state index in [0.717, 1.165) is 23.6 Å². The Morgan fingerprint density at radius 3 is 2.38 bits per heavy atom. The fourth-order valence-corrected chi connectivity index (χ4v) is 3.47. The zero-order valence-electron chi connectivity index (χ0n) is 14.0. The molecule has 130 valence electrons. The Hall–Kier alpha value is -3.21. The van der Waals surface area contributed by atoms with E-state index in [1.54, 1.807) is 18.2 Å². The molecule has 0 aliphatic heterocycles. The Kier molecular flexibility index (Phi) is 4.13. The first-order valence-corrected chi connectivity index (χ1v) is 8.49. The largest absolute Gasteiger partial charge is 0.273 e. The van der Waals surface area contributed by atoms with Gasteiger partial charge in [-0.15, -0.1) is 0 Å². The number of carbonyl (C=O) groups excluding carboxylic acids is 2. The van der Waals surface area contributed by atoms with Crippen molar-refractivity contribution in [2.24, 2.45) is 0 Å². The van der Waals surface area contributed by atoms with Crippen LogP contribution in [0.1, 0.15) is 27.0 Å². The van der Waals surface area contributed by atoms with Crippen molar-refractivity contribution in [3.8, 4) is 0 Å². The monoisotopic (exact) mass is 348 g/mol. The van der Waals surface area contributed by atoms with Crippen LogP contribution in [0.2, 0.25) is 0 Å². The van der Waals surface area contributed by atoms with Crippen LogP contribution in [0.4, 0.5) is 4.39 Å². The minimum Gasteiger partial charge on any atom is -0.273 e. The Balaban J connectivity index is 1.46. The molecule has 2 N–H and O–H groups in total. The molecule has 0 heterocycles. The minimum absolute atomic E-state index is 0.0599. The summed E-state index contributed by atoms with van der Waals surface area (Å²) in [6.45, 7) is 0. The van der Waals surface area contributed by atoms with E-state index in [1.807, 2.05) is 18.2 Å². The first-order valence-electron chi connectivity index (χ1n) is 8.49. The van der Waals surface area contributed by atoms with Crippen LogP contribution in [0.3, 0.4) is 0 Å². The highest BCUT2D eigenvalue weighted by Gasteiger charge is 2.18. The molecular formula is C21H17FN2O2. The molecule has 0 fully saturated rings. The van der Waals surface area contributed by atoms with Gasteiger partial charge in [-0.1, -0.05) is 36.4 Å². The first kappa shape index (κ1) is 16.3. The number of benzene rings is 3. The molecular weight excluding hydrogens is 331 g/mol. The molecule has 0 saturated carbocycles. The normalized spacial score (nSPS) is 12.2. The van der Waals surface area contributed by atoms with Gasteiger partial charge >= 0.3 is 0 Å². The van der Waals surface area contributed by atoms with Crippen molar-refractivity contribution in [2.45, 2.75) is 19.3 Å². The molecule has 5 heteroatoms. The number of rotatable bonds is 3. The van der Waals surface area contributed by atoms with Crippen molar-refractivity contribution in [2.75, 3.05) is 0 Å². The third-order valence-corrected chi connectivity index (χ3v) is 4.71. The van der Waals surface area contributed by atoms with Crippen molar-refractivity contribution in [1.29, 1.82) is 0 Å². The lowest BCUT2D eigenvalue weighted by Crippen LogP contribution is -2.42. The lowest BCUT2D eigenvalue weighted by atomic mass is 10.00. The number of hydrazine groups is 1. The molecule has 3 aromatic rings. The van der Waals surface area contributed by atoms with E-state index in [0.29, 0.717) is 11.1 Å². The van der Waals surface area contributed by atoms with Gasteiger partial charge in [0.15, 0.2) is 0 Å². The predicted molar refractivity (Wildman–Crippen MR) is 97.1 cm³/mol. The summed E-state index contributed by atoms with van der Waals surface area (Å²) in [5.74, 6) is -1.07. The van der Waals surface area contributed by atoms with E-state index < -0.39 is 0 Å². The Morgan fingerprint density at radius 2 is 1.62 bits per heavy atom. The smallest absolute Gasteiger partial charge is 0.270 e. The first-order chi connectivity index (χ1) is 12.6. The van der Waals surface area contributed by atoms with Crippen LogP contribution in [-0.2, 0) is 24.1 Å². The van der Waals surface area contributed by atoms with Gasteiger partial charge < -0.3 is 0 Å². The summed E-state index contributed by atoms with van der Waals surface area (Å²) in [4.78, 5) is 24.5. The van der Waals surface area contributed by atoms with E-state index >= 15 is 0 Å². The second-order valence-corrected chi connectivity index (χ2v) is 6.42. The van der Waals surface area contributed by atoms with Gasteiger partial charge in [-0.05, 0) is 58.5 Å². The zero-order valence-corrected chi connectivity index (χ0v) is 14.0. The molecule has 0 saturated heterocycles. The van der Waals surface area contributed by atoms with Crippen molar-refractivity contribution >= 4 is 22.6 Å². The summed E-state index contributed by atoms with van der Waals surface area (Å²) >= 11 is 0. The molecule has 0 radical (unpaired) electrons. The average Bonchev–Trinajstić information content (AvgIpc) is 3.07. The quantitative estimate of drug-likeness (QED) is 0.715. The summed E-state index contributed by atoms with van der Waals surface area (Å²) in [5, 5.41) is 2.06.